The summed E-state index contributed by atoms with van der Waals surface area (Å²) in [5.41, 5.74) is 2.11. The standard InChI is InChI=1S/C20H21FN2O2/c21-17-5-7-18(8-6-17)22-9-11-23(12-10-22)20(24)16-13-15-3-1-2-4-19(15)25-14-16/h1-8,16H,9-14H2/t16-/m0/s1. The molecule has 1 atom stereocenters. The van der Waals surface area contributed by atoms with Gasteiger partial charge in [-0.3, -0.25) is 4.79 Å². The van der Waals surface area contributed by atoms with Crippen LogP contribution < -0.4 is 9.64 Å². The predicted octanol–water partition coefficient (Wildman–Crippen LogP) is 2.73. The van der Waals surface area contributed by atoms with E-state index < -0.39 is 0 Å². The number of fused-ring (bicyclic) bond motifs is 1. The maximum absolute atomic E-state index is 13.0. The molecule has 5 heteroatoms. The highest BCUT2D eigenvalue weighted by Crippen LogP contribution is 2.28. The fourth-order valence-electron chi connectivity index (χ4n) is 3.58. The van der Waals surface area contributed by atoms with E-state index in [4.69, 9.17) is 4.74 Å². The molecule has 2 aliphatic heterocycles. The fraction of sp³-hybridized carbons (Fsp3) is 0.350. The van der Waals surface area contributed by atoms with Crippen LogP contribution in [0.4, 0.5) is 10.1 Å². The van der Waals surface area contributed by atoms with Gasteiger partial charge >= 0.3 is 0 Å². The number of halogens is 1. The van der Waals surface area contributed by atoms with Gasteiger partial charge in [0.15, 0.2) is 0 Å². The molecule has 0 unspecified atom stereocenters. The summed E-state index contributed by atoms with van der Waals surface area (Å²) in [6.07, 6.45) is 0.743. The topological polar surface area (TPSA) is 32.8 Å². The molecule has 130 valence electrons. The highest BCUT2D eigenvalue weighted by Gasteiger charge is 2.31. The number of ether oxygens (including phenoxy) is 1. The molecule has 0 aliphatic carbocycles. The Morgan fingerprint density at radius 1 is 1.00 bits per heavy atom. The Morgan fingerprint density at radius 3 is 2.48 bits per heavy atom. The first-order chi connectivity index (χ1) is 12.2. The van der Waals surface area contributed by atoms with Crippen molar-refractivity contribution in [3.63, 3.8) is 0 Å². The molecule has 0 radical (unpaired) electrons. The van der Waals surface area contributed by atoms with Crippen molar-refractivity contribution in [1.82, 2.24) is 4.90 Å². The largest absolute Gasteiger partial charge is 0.492 e. The van der Waals surface area contributed by atoms with Gasteiger partial charge in [-0.2, -0.15) is 0 Å². The Labute approximate surface area is 146 Å². The van der Waals surface area contributed by atoms with Gasteiger partial charge in [-0.1, -0.05) is 18.2 Å². The van der Waals surface area contributed by atoms with E-state index in [9.17, 15) is 9.18 Å². The van der Waals surface area contributed by atoms with Gasteiger partial charge in [0.25, 0.3) is 0 Å². The van der Waals surface area contributed by atoms with Crippen LogP contribution in [0.3, 0.4) is 0 Å². The smallest absolute Gasteiger partial charge is 0.229 e. The van der Waals surface area contributed by atoms with Crippen LogP contribution in [0, 0.1) is 11.7 Å². The number of hydrogen-bond donors (Lipinski definition) is 0. The minimum absolute atomic E-state index is 0.104. The van der Waals surface area contributed by atoms with Crippen LogP contribution in [0.1, 0.15) is 5.56 Å². The van der Waals surface area contributed by atoms with Gasteiger partial charge in [0.05, 0.1) is 5.92 Å². The molecule has 4 nitrogen and oxygen atoms in total. The van der Waals surface area contributed by atoms with Crippen molar-refractivity contribution in [1.29, 1.82) is 0 Å². The Bertz CT molecular complexity index is 755. The third kappa shape index (κ3) is 3.31. The number of amides is 1. The zero-order chi connectivity index (χ0) is 17.2. The monoisotopic (exact) mass is 340 g/mol. The number of carbonyl (C=O) groups is 1. The molecule has 2 aromatic carbocycles. The van der Waals surface area contributed by atoms with Crippen molar-refractivity contribution in [2.24, 2.45) is 5.92 Å². The SMILES string of the molecule is O=C([C@@H]1COc2ccccc2C1)N1CCN(c2ccc(F)cc2)CC1. The maximum atomic E-state index is 13.0. The van der Waals surface area contributed by atoms with Crippen LogP contribution in [0.25, 0.3) is 0 Å². The summed E-state index contributed by atoms with van der Waals surface area (Å²) >= 11 is 0. The average molecular weight is 340 g/mol. The number of hydrogen-bond acceptors (Lipinski definition) is 3. The number of nitrogens with zero attached hydrogens (tertiary/aromatic N) is 2. The Kier molecular flexibility index (Phi) is 4.30. The summed E-state index contributed by atoms with van der Waals surface area (Å²) in [4.78, 5) is 17.0. The summed E-state index contributed by atoms with van der Waals surface area (Å²) < 4.78 is 18.8. The average Bonchev–Trinajstić information content (AvgIpc) is 2.68. The summed E-state index contributed by atoms with van der Waals surface area (Å²) in [7, 11) is 0. The first-order valence-electron chi connectivity index (χ1n) is 8.71. The van der Waals surface area contributed by atoms with Crippen LogP contribution >= 0.6 is 0 Å². The molecule has 1 amide bonds. The van der Waals surface area contributed by atoms with Gasteiger partial charge in [0, 0.05) is 31.9 Å². The molecule has 0 saturated carbocycles. The Balaban J connectivity index is 1.36. The number of piperazine rings is 1. The van der Waals surface area contributed by atoms with E-state index in [1.807, 2.05) is 29.2 Å². The lowest BCUT2D eigenvalue weighted by Crippen LogP contribution is -2.51. The van der Waals surface area contributed by atoms with Gasteiger partial charge < -0.3 is 14.5 Å². The molecule has 0 aromatic heterocycles. The first-order valence-corrected chi connectivity index (χ1v) is 8.71. The number of para-hydroxylation sites is 1. The molecule has 0 spiro atoms. The first kappa shape index (κ1) is 15.9. The fourth-order valence-corrected chi connectivity index (χ4v) is 3.58. The zero-order valence-corrected chi connectivity index (χ0v) is 14.0. The molecule has 4 rings (SSSR count). The molecule has 0 bridgehead atoms. The van der Waals surface area contributed by atoms with E-state index in [1.165, 1.54) is 12.1 Å². The summed E-state index contributed by atoms with van der Waals surface area (Å²) in [6, 6.07) is 14.5. The highest BCUT2D eigenvalue weighted by molar-refractivity contribution is 5.80. The van der Waals surface area contributed by atoms with E-state index >= 15 is 0 Å². The lowest BCUT2D eigenvalue weighted by atomic mass is 9.95. The normalized spacial score (nSPS) is 20.0. The molecular weight excluding hydrogens is 319 g/mol. The molecule has 2 aliphatic rings. The minimum atomic E-state index is -0.227. The molecule has 25 heavy (non-hydrogen) atoms. The Hall–Kier alpha value is -2.56. The second-order valence-electron chi connectivity index (χ2n) is 6.61. The molecule has 1 saturated heterocycles. The van der Waals surface area contributed by atoms with E-state index in [0.29, 0.717) is 19.7 Å². The minimum Gasteiger partial charge on any atom is -0.492 e. The van der Waals surface area contributed by atoms with Gasteiger partial charge in [-0.05, 0) is 42.3 Å². The number of rotatable bonds is 2. The summed E-state index contributed by atoms with van der Waals surface area (Å²) in [5, 5.41) is 0. The third-order valence-electron chi connectivity index (χ3n) is 5.01. The van der Waals surface area contributed by atoms with Crippen LogP contribution in [-0.2, 0) is 11.2 Å². The van der Waals surface area contributed by atoms with Gasteiger partial charge in [0.2, 0.25) is 5.91 Å². The van der Waals surface area contributed by atoms with E-state index in [1.54, 1.807) is 12.1 Å². The number of carbonyl (C=O) groups excluding carboxylic acids is 1. The van der Waals surface area contributed by atoms with Crippen LogP contribution in [0.2, 0.25) is 0 Å². The second kappa shape index (κ2) is 6.75. The third-order valence-corrected chi connectivity index (χ3v) is 5.01. The number of anilines is 1. The summed E-state index contributed by atoms with van der Waals surface area (Å²) in [6.45, 7) is 3.36. The van der Waals surface area contributed by atoms with Crippen molar-refractivity contribution < 1.29 is 13.9 Å². The van der Waals surface area contributed by atoms with Gasteiger partial charge in [-0.15, -0.1) is 0 Å². The van der Waals surface area contributed by atoms with Crippen molar-refractivity contribution in [3.8, 4) is 5.75 Å². The van der Waals surface area contributed by atoms with Crippen LogP contribution in [0.15, 0.2) is 48.5 Å². The van der Waals surface area contributed by atoms with Crippen molar-refractivity contribution in [2.75, 3.05) is 37.7 Å². The zero-order valence-electron chi connectivity index (χ0n) is 14.0. The van der Waals surface area contributed by atoms with Gasteiger partial charge in [0.1, 0.15) is 18.2 Å². The van der Waals surface area contributed by atoms with Gasteiger partial charge in [-0.25, -0.2) is 4.39 Å². The molecule has 2 heterocycles. The van der Waals surface area contributed by atoms with E-state index in [0.717, 1.165) is 36.5 Å². The predicted molar refractivity (Wildman–Crippen MR) is 94.3 cm³/mol. The second-order valence-corrected chi connectivity index (χ2v) is 6.61. The number of benzene rings is 2. The lowest BCUT2D eigenvalue weighted by molar-refractivity contribution is -0.137. The van der Waals surface area contributed by atoms with Crippen LogP contribution in [-0.4, -0.2) is 43.6 Å². The lowest BCUT2D eigenvalue weighted by Gasteiger charge is -2.38. The quantitative estimate of drug-likeness (QED) is 0.843. The highest BCUT2D eigenvalue weighted by atomic mass is 19.1. The van der Waals surface area contributed by atoms with Crippen LogP contribution in [0.5, 0.6) is 5.75 Å². The van der Waals surface area contributed by atoms with Crippen molar-refractivity contribution >= 4 is 11.6 Å². The molecule has 2 aromatic rings. The van der Waals surface area contributed by atoms with E-state index in [2.05, 4.69) is 4.90 Å². The van der Waals surface area contributed by atoms with Crippen molar-refractivity contribution in [3.05, 3.63) is 59.9 Å². The van der Waals surface area contributed by atoms with Crippen molar-refractivity contribution in [2.45, 2.75) is 6.42 Å². The maximum Gasteiger partial charge on any atom is 0.229 e. The molecule has 0 N–H and O–H groups in total. The molecule has 1 fully saturated rings. The summed E-state index contributed by atoms with van der Waals surface area (Å²) in [5.74, 6) is 0.739. The molecular formula is C20H21FN2O2. The van der Waals surface area contributed by atoms with E-state index in [-0.39, 0.29) is 17.6 Å². The Morgan fingerprint density at radius 2 is 1.72 bits per heavy atom.